The van der Waals surface area contributed by atoms with E-state index < -0.39 is 0 Å². The quantitative estimate of drug-likeness (QED) is 0.918. The fourth-order valence-corrected chi connectivity index (χ4v) is 3.32. The summed E-state index contributed by atoms with van der Waals surface area (Å²) in [6, 6.07) is 4.19. The number of likely N-dealkylation sites (tertiary alicyclic amines) is 1. The van der Waals surface area contributed by atoms with E-state index in [4.69, 9.17) is 9.15 Å². The fraction of sp³-hybridized carbons (Fsp3) is 0.688. The molecule has 5 heteroatoms. The highest BCUT2D eigenvalue weighted by atomic mass is 16.5. The van der Waals surface area contributed by atoms with Gasteiger partial charge < -0.3 is 14.5 Å². The van der Waals surface area contributed by atoms with Gasteiger partial charge in [0, 0.05) is 19.1 Å². The molecule has 3 heterocycles. The first-order valence-electron chi connectivity index (χ1n) is 7.75. The zero-order valence-corrected chi connectivity index (χ0v) is 13.0. The van der Waals surface area contributed by atoms with Crippen LogP contribution < -0.4 is 5.32 Å². The SMILES string of the molecule is Cc1ccc(CN2C[C@H]3C[C@@H](C(=O)NC(C)C)[C@@H](C2)O3)o1. The van der Waals surface area contributed by atoms with Gasteiger partial charge in [0.15, 0.2) is 0 Å². The number of nitrogens with one attached hydrogen (secondary N) is 1. The molecule has 3 atom stereocenters. The van der Waals surface area contributed by atoms with Gasteiger partial charge in [-0.25, -0.2) is 0 Å². The Balaban J connectivity index is 1.60. The number of carbonyl (C=O) groups excluding carboxylic acids is 1. The van der Waals surface area contributed by atoms with Crippen molar-refractivity contribution in [3.8, 4) is 0 Å². The van der Waals surface area contributed by atoms with Crippen LogP contribution in [0.5, 0.6) is 0 Å². The highest BCUT2D eigenvalue weighted by molar-refractivity contribution is 5.80. The van der Waals surface area contributed by atoms with Crippen molar-refractivity contribution in [3.05, 3.63) is 23.7 Å². The maximum Gasteiger partial charge on any atom is 0.226 e. The Kier molecular flexibility index (Phi) is 4.04. The first-order chi connectivity index (χ1) is 10.0. The number of nitrogens with zero attached hydrogens (tertiary/aromatic N) is 1. The number of rotatable bonds is 4. The molecule has 0 aromatic carbocycles. The van der Waals surface area contributed by atoms with E-state index in [9.17, 15) is 4.79 Å². The third kappa shape index (κ3) is 3.30. The van der Waals surface area contributed by atoms with Crippen molar-refractivity contribution in [2.24, 2.45) is 5.92 Å². The Hall–Kier alpha value is -1.33. The topological polar surface area (TPSA) is 54.7 Å². The standard InChI is InChI=1S/C16H24N2O3/c1-10(2)17-16(19)14-6-13-8-18(9-15(14)21-13)7-12-5-4-11(3)20-12/h4-5,10,13-15H,6-9H2,1-3H3,(H,17,19)/t13-,14-,15-/m1/s1. The predicted molar refractivity (Wildman–Crippen MR) is 78.8 cm³/mol. The minimum absolute atomic E-state index is 0.0126. The molecule has 1 aromatic heterocycles. The average Bonchev–Trinajstić information content (AvgIpc) is 2.92. The molecule has 0 unspecified atom stereocenters. The largest absolute Gasteiger partial charge is 0.465 e. The molecule has 1 amide bonds. The normalized spacial score (nSPS) is 29.0. The van der Waals surface area contributed by atoms with Crippen molar-refractivity contribution in [2.45, 2.75) is 52.0 Å². The van der Waals surface area contributed by atoms with Crippen LogP contribution >= 0.6 is 0 Å². The summed E-state index contributed by atoms with van der Waals surface area (Å²) in [6.07, 6.45) is 1.01. The zero-order chi connectivity index (χ0) is 15.0. The molecule has 1 N–H and O–H groups in total. The minimum Gasteiger partial charge on any atom is -0.465 e. The van der Waals surface area contributed by atoms with Gasteiger partial charge in [0.2, 0.25) is 5.91 Å². The highest BCUT2D eigenvalue weighted by Gasteiger charge is 2.44. The van der Waals surface area contributed by atoms with Gasteiger partial charge in [-0.05, 0) is 39.3 Å². The summed E-state index contributed by atoms with van der Waals surface area (Å²) in [4.78, 5) is 14.6. The van der Waals surface area contributed by atoms with Crippen molar-refractivity contribution in [1.82, 2.24) is 10.2 Å². The van der Waals surface area contributed by atoms with Gasteiger partial charge in [0.25, 0.3) is 0 Å². The van der Waals surface area contributed by atoms with Gasteiger partial charge in [0.05, 0.1) is 24.7 Å². The van der Waals surface area contributed by atoms with E-state index >= 15 is 0 Å². The Morgan fingerprint density at radius 1 is 1.43 bits per heavy atom. The summed E-state index contributed by atoms with van der Waals surface area (Å²) in [7, 11) is 0. The molecule has 1 aromatic rings. The van der Waals surface area contributed by atoms with Gasteiger partial charge in [-0.1, -0.05) is 0 Å². The number of carbonyl (C=O) groups is 1. The van der Waals surface area contributed by atoms with Gasteiger partial charge in [0.1, 0.15) is 11.5 Å². The first kappa shape index (κ1) is 14.6. The lowest BCUT2D eigenvalue weighted by Crippen LogP contribution is -2.45. The lowest BCUT2D eigenvalue weighted by Gasteiger charge is -2.32. The number of hydrogen-bond acceptors (Lipinski definition) is 4. The summed E-state index contributed by atoms with van der Waals surface area (Å²) in [5.74, 6) is 2.04. The number of hydrogen-bond donors (Lipinski definition) is 1. The van der Waals surface area contributed by atoms with E-state index in [0.29, 0.717) is 0 Å². The zero-order valence-electron chi connectivity index (χ0n) is 13.0. The number of fused-ring (bicyclic) bond motifs is 2. The Morgan fingerprint density at radius 2 is 2.24 bits per heavy atom. The van der Waals surface area contributed by atoms with Crippen molar-refractivity contribution in [1.29, 1.82) is 0 Å². The average molecular weight is 292 g/mol. The van der Waals surface area contributed by atoms with Crippen molar-refractivity contribution < 1.29 is 13.9 Å². The summed E-state index contributed by atoms with van der Waals surface area (Å²) < 4.78 is 11.6. The van der Waals surface area contributed by atoms with Crippen molar-refractivity contribution >= 4 is 5.91 Å². The molecule has 116 valence electrons. The molecule has 5 nitrogen and oxygen atoms in total. The van der Waals surface area contributed by atoms with Crippen molar-refractivity contribution in [3.63, 3.8) is 0 Å². The maximum absolute atomic E-state index is 12.2. The van der Waals surface area contributed by atoms with E-state index in [1.807, 2.05) is 32.9 Å². The number of amides is 1. The van der Waals surface area contributed by atoms with Gasteiger partial charge >= 0.3 is 0 Å². The second-order valence-corrected chi connectivity index (χ2v) is 6.51. The van der Waals surface area contributed by atoms with Gasteiger partial charge in [-0.15, -0.1) is 0 Å². The Labute approximate surface area is 125 Å². The third-order valence-electron chi connectivity index (χ3n) is 4.18. The summed E-state index contributed by atoms with van der Waals surface area (Å²) >= 11 is 0. The molecule has 0 spiro atoms. The second kappa shape index (κ2) is 5.81. The fourth-order valence-electron chi connectivity index (χ4n) is 3.32. The van der Waals surface area contributed by atoms with Crippen LogP contribution in [0.3, 0.4) is 0 Å². The number of furan rings is 1. The smallest absolute Gasteiger partial charge is 0.226 e. The lowest BCUT2D eigenvalue weighted by atomic mass is 9.99. The molecule has 2 aliphatic heterocycles. The molecule has 2 bridgehead atoms. The van der Waals surface area contributed by atoms with E-state index in [-0.39, 0.29) is 30.1 Å². The van der Waals surface area contributed by atoms with Crippen LogP contribution in [0.1, 0.15) is 31.8 Å². The maximum atomic E-state index is 12.2. The second-order valence-electron chi connectivity index (χ2n) is 6.51. The molecule has 2 aliphatic rings. The van der Waals surface area contributed by atoms with Crippen LogP contribution in [0.2, 0.25) is 0 Å². The summed E-state index contributed by atoms with van der Waals surface area (Å²) in [6.45, 7) is 8.41. The lowest BCUT2D eigenvalue weighted by molar-refractivity contribution is -0.128. The van der Waals surface area contributed by atoms with E-state index in [1.54, 1.807) is 0 Å². The molecule has 0 aliphatic carbocycles. The highest BCUT2D eigenvalue weighted by Crippen LogP contribution is 2.32. The van der Waals surface area contributed by atoms with Crippen molar-refractivity contribution in [2.75, 3.05) is 13.1 Å². The molecule has 21 heavy (non-hydrogen) atoms. The molecule has 2 fully saturated rings. The first-order valence-corrected chi connectivity index (χ1v) is 7.75. The van der Waals surface area contributed by atoms with E-state index in [2.05, 4.69) is 10.2 Å². The van der Waals surface area contributed by atoms with E-state index in [0.717, 1.165) is 37.6 Å². The third-order valence-corrected chi connectivity index (χ3v) is 4.18. The molecular weight excluding hydrogens is 268 g/mol. The van der Waals surface area contributed by atoms with Crippen LogP contribution in [0.4, 0.5) is 0 Å². The van der Waals surface area contributed by atoms with Crippen LogP contribution in [0.15, 0.2) is 16.5 Å². The Morgan fingerprint density at radius 3 is 2.90 bits per heavy atom. The number of morpholine rings is 1. The Bertz CT molecular complexity index is 511. The molecule has 0 radical (unpaired) electrons. The molecule has 0 saturated carbocycles. The monoisotopic (exact) mass is 292 g/mol. The van der Waals surface area contributed by atoms with Crippen LogP contribution in [-0.2, 0) is 16.1 Å². The van der Waals surface area contributed by atoms with Gasteiger partial charge in [-0.2, -0.15) is 0 Å². The molecule has 3 rings (SSSR count). The van der Waals surface area contributed by atoms with Gasteiger partial charge in [-0.3, -0.25) is 9.69 Å². The molecule has 2 saturated heterocycles. The van der Waals surface area contributed by atoms with E-state index in [1.165, 1.54) is 0 Å². The number of aryl methyl sites for hydroxylation is 1. The molecular formula is C16H24N2O3. The van der Waals surface area contributed by atoms with Crippen LogP contribution in [-0.4, -0.2) is 42.1 Å². The van der Waals surface area contributed by atoms with Crippen LogP contribution in [0, 0.1) is 12.8 Å². The van der Waals surface area contributed by atoms with Crippen LogP contribution in [0.25, 0.3) is 0 Å². The number of ether oxygens (including phenoxy) is 1. The summed E-state index contributed by atoms with van der Waals surface area (Å²) in [5, 5.41) is 3.01. The predicted octanol–water partition coefficient (Wildman–Crippen LogP) is 1.70. The minimum atomic E-state index is -0.0132. The summed E-state index contributed by atoms with van der Waals surface area (Å²) in [5.41, 5.74) is 0.